The number of carbonyl (C=O) groups is 1. The van der Waals surface area contributed by atoms with Crippen molar-refractivity contribution in [3.63, 3.8) is 0 Å². The summed E-state index contributed by atoms with van der Waals surface area (Å²) in [5.41, 5.74) is 5.90. The lowest BCUT2D eigenvalue weighted by molar-refractivity contribution is -0.122. The third kappa shape index (κ3) is 2.76. The second-order valence-corrected chi connectivity index (χ2v) is 4.93. The van der Waals surface area contributed by atoms with E-state index in [-0.39, 0.29) is 5.91 Å². The number of nitrogens with one attached hydrogen (secondary N) is 1. The van der Waals surface area contributed by atoms with E-state index in [1.807, 2.05) is 0 Å². The molecule has 5 heteroatoms. The Morgan fingerprint density at radius 2 is 2.12 bits per heavy atom. The molecule has 17 heavy (non-hydrogen) atoms. The van der Waals surface area contributed by atoms with Gasteiger partial charge in [-0.2, -0.15) is 0 Å². The van der Waals surface area contributed by atoms with Crippen LogP contribution in [0.3, 0.4) is 0 Å². The van der Waals surface area contributed by atoms with Gasteiger partial charge < -0.3 is 11.1 Å². The van der Waals surface area contributed by atoms with E-state index in [0.717, 1.165) is 32.1 Å². The Morgan fingerprint density at radius 1 is 1.41 bits per heavy atom. The summed E-state index contributed by atoms with van der Waals surface area (Å²) in [6.07, 6.45) is 7.74. The number of hydrogen-bond acceptors (Lipinski definition) is 3. The Balaban J connectivity index is 2.08. The predicted octanol–water partition coefficient (Wildman–Crippen LogP) is 2.34. The topological polar surface area (TPSA) is 68.0 Å². The van der Waals surface area contributed by atoms with Crippen molar-refractivity contribution < 1.29 is 4.79 Å². The molecule has 1 aliphatic rings. The van der Waals surface area contributed by atoms with Crippen molar-refractivity contribution in [2.45, 2.75) is 37.6 Å². The van der Waals surface area contributed by atoms with Crippen LogP contribution in [0.4, 0.5) is 5.69 Å². The van der Waals surface area contributed by atoms with Crippen molar-refractivity contribution in [3.05, 3.63) is 23.5 Å². The fourth-order valence-electron chi connectivity index (χ4n) is 2.13. The molecule has 3 N–H and O–H groups in total. The third-order valence-electron chi connectivity index (χ3n) is 3.21. The van der Waals surface area contributed by atoms with Crippen molar-refractivity contribution in [1.82, 2.24) is 4.98 Å². The molecule has 0 aliphatic heterocycles. The van der Waals surface area contributed by atoms with Gasteiger partial charge in [-0.15, -0.1) is 0 Å². The number of nitrogens with zero attached hydrogens (tertiary/aromatic N) is 1. The van der Waals surface area contributed by atoms with Crippen molar-refractivity contribution in [3.8, 4) is 0 Å². The smallest absolute Gasteiger partial charge is 0.244 e. The number of carbonyl (C=O) groups excluding carboxylic acids is 1. The van der Waals surface area contributed by atoms with Gasteiger partial charge in [-0.25, -0.2) is 0 Å². The van der Waals surface area contributed by atoms with Gasteiger partial charge in [0, 0.05) is 6.20 Å². The monoisotopic (exact) mass is 253 g/mol. The zero-order valence-electron chi connectivity index (χ0n) is 9.58. The van der Waals surface area contributed by atoms with E-state index in [0.29, 0.717) is 10.7 Å². The Bertz CT molecular complexity index is 416. The Hall–Kier alpha value is -1.13. The maximum atomic E-state index is 12.1. The molecule has 0 bridgehead atoms. The second kappa shape index (κ2) is 5.02. The molecule has 0 radical (unpaired) electrons. The molecule has 0 atom stereocenters. The van der Waals surface area contributed by atoms with Crippen molar-refractivity contribution in [2.75, 3.05) is 5.32 Å². The van der Waals surface area contributed by atoms with Gasteiger partial charge in [0.05, 0.1) is 22.4 Å². The number of pyridine rings is 1. The molecule has 4 nitrogen and oxygen atoms in total. The Morgan fingerprint density at radius 3 is 2.76 bits per heavy atom. The molecule has 2 rings (SSSR count). The summed E-state index contributed by atoms with van der Waals surface area (Å²) in [4.78, 5) is 16.0. The molecular weight excluding hydrogens is 238 g/mol. The third-order valence-corrected chi connectivity index (χ3v) is 3.54. The fraction of sp³-hybridized carbons (Fsp3) is 0.500. The van der Waals surface area contributed by atoms with Gasteiger partial charge >= 0.3 is 0 Å². The highest BCUT2D eigenvalue weighted by Gasteiger charge is 2.35. The number of anilines is 1. The van der Waals surface area contributed by atoms with E-state index in [2.05, 4.69) is 10.3 Å². The van der Waals surface area contributed by atoms with Crippen molar-refractivity contribution >= 4 is 23.2 Å². The lowest BCUT2D eigenvalue weighted by Gasteiger charge is -2.31. The Labute approximate surface area is 106 Å². The van der Waals surface area contributed by atoms with Gasteiger partial charge in [0.25, 0.3) is 0 Å². The highest BCUT2D eigenvalue weighted by atomic mass is 35.5. The van der Waals surface area contributed by atoms with Crippen LogP contribution in [0.25, 0.3) is 0 Å². The van der Waals surface area contributed by atoms with E-state index >= 15 is 0 Å². The number of halogens is 1. The van der Waals surface area contributed by atoms with E-state index in [1.165, 1.54) is 6.20 Å². The molecule has 1 heterocycles. The molecule has 1 aromatic heterocycles. The molecule has 92 valence electrons. The zero-order valence-corrected chi connectivity index (χ0v) is 10.3. The zero-order chi connectivity index (χ0) is 12.3. The minimum absolute atomic E-state index is 0.160. The van der Waals surface area contributed by atoms with Crippen molar-refractivity contribution in [1.29, 1.82) is 0 Å². The fourth-order valence-corrected chi connectivity index (χ4v) is 2.28. The standard InChI is InChI=1S/C12H16ClN3O/c13-9-4-7-15-8-10(9)16-11(17)12(14)5-2-1-3-6-12/h4,7-8H,1-3,5-6,14H2,(H,16,17). The molecule has 1 aromatic rings. The van der Waals surface area contributed by atoms with E-state index in [1.54, 1.807) is 12.3 Å². The van der Waals surface area contributed by atoms with Gasteiger partial charge in [0.2, 0.25) is 5.91 Å². The number of amides is 1. The lowest BCUT2D eigenvalue weighted by atomic mass is 9.82. The molecule has 0 saturated heterocycles. The minimum atomic E-state index is -0.753. The van der Waals surface area contributed by atoms with Gasteiger partial charge in [-0.1, -0.05) is 30.9 Å². The highest BCUT2D eigenvalue weighted by Crippen LogP contribution is 2.28. The number of nitrogens with two attached hydrogens (primary N) is 1. The van der Waals surface area contributed by atoms with E-state index < -0.39 is 5.54 Å². The summed E-state index contributed by atoms with van der Waals surface area (Å²) in [6.45, 7) is 0. The highest BCUT2D eigenvalue weighted by molar-refractivity contribution is 6.33. The lowest BCUT2D eigenvalue weighted by Crippen LogP contribution is -2.52. The first-order chi connectivity index (χ1) is 8.12. The maximum absolute atomic E-state index is 12.1. The first kappa shape index (κ1) is 12.3. The SMILES string of the molecule is NC1(C(=O)Nc2cnccc2Cl)CCCCC1. The van der Waals surface area contributed by atoms with Gasteiger partial charge in [-0.05, 0) is 18.9 Å². The quantitative estimate of drug-likeness (QED) is 0.850. The summed E-state index contributed by atoms with van der Waals surface area (Å²) in [6, 6.07) is 1.64. The maximum Gasteiger partial charge on any atom is 0.244 e. The van der Waals surface area contributed by atoms with Crippen LogP contribution in [0.1, 0.15) is 32.1 Å². The first-order valence-corrected chi connectivity index (χ1v) is 6.19. The minimum Gasteiger partial charge on any atom is -0.322 e. The molecule has 0 spiro atoms. The molecule has 1 aliphatic carbocycles. The molecule has 0 aromatic carbocycles. The van der Waals surface area contributed by atoms with Crippen LogP contribution in [0.2, 0.25) is 5.02 Å². The molecule has 1 saturated carbocycles. The van der Waals surface area contributed by atoms with E-state index in [9.17, 15) is 4.79 Å². The second-order valence-electron chi connectivity index (χ2n) is 4.53. The normalized spacial score (nSPS) is 18.7. The van der Waals surface area contributed by atoms with E-state index in [4.69, 9.17) is 17.3 Å². The van der Waals surface area contributed by atoms with Crippen LogP contribution in [-0.2, 0) is 4.79 Å². The van der Waals surface area contributed by atoms with Crippen LogP contribution < -0.4 is 11.1 Å². The molecule has 1 fully saturated rings. The average Bonchev–Trinajstić information content (AvgIpc) is 2.33. The number of aromatic nitrogens is 1. The summed E-state index contributed by atoms with van der Waals surface area (Å²) >= 11 is 5.96. The van der Waals surface area contributed by atoms with Crippen LogP contribution >= 0.6 is 11.6 Å². The van der Waals surface area contributed by atoms with Crippen LogP contribution in [0.5, 0.6) is 0 Å². The number of rotatable bonds is 2. The number of hydrogen-bond donors (Lipinski definition) is 2. The molecule has 0 unspecified atom stereocenters. The summed E-state index contributed by atoms with van der Waals surface area (Å²) in [5.74, 6) is -0.160. The van der Waals surface area contributed by atoms with Crippen molar-refractivity contribution in [2.24, 2.45) is 5.73 Å². The van der Waals surface area contributed by atoms with Gasteiger partial charge in [-0.3, -0.25) is 9.78 Å². The largest absolute Gasteiger partial charge is 0.322 e. The van der Waals surface area contributed by atoms with Crippen LogP contribution in [0, 0.1) is 0 Å². The predicted molar refractivity (Wildman–Crippen MR) is 67.9 cm³/mol. The van der Waals surface area contributed by atoms with Gasteiger partial charge in [0.15, 0.2) is 0 Å². The molecule has 1 amide bonds. The summed E-state index contributed by atoms with van der Waals surface area (Å²) in [7, 11) is 0. The van der Waals surface area contributed by atoms with Gasteiger partial charge in [0.1, 0.15) is 0 Å². The average molecular weight is 254 g/mol. The Kier molecular flexibility index (Phi) is 3.64. The summed E-state index contributed by atoms with van der Waals surface area (Å²) in [5, 5.41) is 3.24. The summed E-state index contributed by atoms with van der Waals surface area (Å²) < 4.78 is 0. The van der Waals surface area contributed by atoms with Crippen LogP contribution in [0.15, 0.2) is 18.5 Å². The van der Waals surface area contributed by atoms with Crippen LogP contribution in [-0.4, -0.2) is 16.4 Å². The first-order valence-electron chi connectivity index (χ1n) is 5.82. The molecular formula is C12H16ClN3O.